The Morgan fingerprint density at radius 2 is 1.94 bits per heavy atom. The SMILES string of the molecule is COc1cccc(CN(CC(O)c2cccnc2)C(=O)Cc2ccc(C(F)(F)F)nc2)c1. The zero-order chi connectivity index (χ0) is 23.1. The Bertz CT molecular complexity index is 1030. The van der Waals surface area contributed by atoms with Gasteiger partial charge in [-0.1, -0.05) is 24.3 Å². The average Bonchev–Trinajstić information content (AvgIpc) is 2.79. The van der Waals surface area contributed by atoms with E-state index in [1.54, 1.807) is 36.5 Å². The molecular weight excluding hydrogens is 423 g/mol. The van der Waals surface area contributed by atoms with Crippen LogP contribution >= 0.6 is 0 Å². The lowest BCUT2D eigenvalue weighted by Gasteiger charge is -2.26. The van der Waals surface area contributed by atoms with E-state index in [4.69, 9.17) is 4.74 Å². The van der Waals surface area contributed by atoms with Gasteiger partial charge in [-0.2, -0.15) is 13.2 Å². The van der Waals surface area contributed by atoms with Crippen molar-refractivity contribution in [3.63, 3.8) is 0 Å². The number of carbonyl (C=O) groups is 1. The van der Waals surface area contributed by atoms with Crippen molar-refractivity contribution in [2.24, 2.45) is 0 Å². The molecule has 3 rings (SSSR count). The number of hydrogen-bond donors (Lipinski definition) is 1. The maximum Gasteiger partial charge on any atom is 0.433 e. The van der Waals surface area contributed by atoms with E-state index in [0.717, 1.165) is 17.8 Å². The largest absolute Gasteiger partial charge is 0.497 e. The van der Waals surface area contributed by atoms with Gasteiger partial charge in [-0.05, 0) is 35.4 Å². The number of amides is 1. The fraction of sp³-hybridized carbons (Fsp3) is 0.261. The molecule has 168 valence electrons. The number of pyridine rings is 2. The second-order valence-corrected chi connectivity index (χ2v) is 7.15. The van der Waals surface area contributed by atoms with Crippen LogP contribution in [0.15, 0.2) is 67.1 Å². The summed E-state index contributed by atoms with van der Waals surface area (Å²) in [6, 6.07) is 12.6. The number of methoxy groups -OCH3 is 1. The molecule has 0 aliphatic rings. The molecule has 0 bridgehead atoms. The van der Waals surface area contributed by atoms with Crippen molar-refractivity contribution in [1.29, 1.82) is 0 Å². The van der Waals surface area contributed by atoms with Crippen LogP contribution in [-0.4, -0.2) is 39.5 Å². The van der Waals surface area contributed by atoms with E-state index in [9.17, 15) is 23.1 Å². The number of carbonyl (C=O) groups excluding carboxylic acids is 1. The molecule has 3 aromatic rings. The standard InChI is InChI=1S/C23H22F3N3O3/c1-32-19-6-2-4-17(10-19)14-29(15-20(30)18-5-3-9-27-13-18)22(31)11-16-7-8-21(28-12-16)23(24,25)26/h2-10,12-13,20,30H,11,14-15H2,1H3. The zero-order valence-electron chi connectivity index (χ0n) is 17.3. The van der Waals surface area contributed by atoms with E-state index < -0.39 is 18.0 Å². The summed E-state index contributed by atoms with van der Waals surface area (Å²) >= 11 is 0. The molecule has 1 aromatic carbocycles. The van der Waals surface area contributed by atoms with Crippen molar-refractivity contribution in [2.75, 3.05) is 13.7 Å². The highest BCUT2D eigenvalue weighted by Gasteiger charge is 2.32. The Balaban J connectivity index is 1.79. The van der Waals surface area contributed by atoms with E-state index in [1.165, 1.54) is 24.3 Å². The Kier molecular flexibility index (Phi) is 7.42. The first-order valence-corrected chi connectivity index (χ1v) is 9.77. The molecule has 1 unspecified atom stereocenters. The molecule has 1 amide bonds. The molecule has 2 aromatic heterocycles. The van der Waals surface area contributed by atoms with E-state index in [0.29, 0.717) is 16.9 Å². The van der Waals surface area contributed by atoms with Gasteiger partial charge in [0.1, 0.15) is 11.4 Å². The highest BCUT2D eigenvalue weighted by atomic mass is 19.4. The topological polar surface area (TPSA) is 75.6 Å². The summed E-state index contributed by atoms with van der Waals surface area (Å²) in [5.74, 6) is 0.256. The van der Waals surface area contributed by atoms with Gasteiger partial charge in [0.15, 0.2) is 0 Å². The van der Waals surface area contributed by atoms with Crippen molar-refractivity contribution < 1.29 is 27.8 Å². The van der Waals surface area contributed by atoms with Crippen molar-refractivity contribution in [2.45, 2.75) is 25.2 Å². The molecule has 0 saturated heterocycles. The summed E-state index contributed by atoms with van der Waals surface area (Å²) in [7, 11) is 1.53. The maximum atomic E-state index is 13.0. The summed E-state index contributed by atoms with van der Waals surface area (Å²) in [4.78, 5) is 21.9. The quantitative estimate of drug-likeness (QED) is 0.571. The molecule has 6 nitrogen and oxygen atoms in total. The lowest BCUT2D eigenvalue weighted by molar-refractivity contribution is -0.141. The Morgan fingerprint density at radius 3 is 2.56 bits per heavy atom. The molecule has 9 heteroatoms. The first kappa shape index (κ1) is 23.2. The number of nitrogens with zero attached hydrogens (tertiary/aromatic N) is 3. The molecular formula is C23H22F3N3O3. The van der Waals surface area contributed by atoms with Crippen LogP contribution in [0.4, 0.5) is 13.2 Å². The second-order valence-electron chi connectivity index (χ2n) is 7.15. The summed E-state index contributed by atoms with van der Waals surface area (Å²) in [5.41, 5.74) is 0.650. The van der Waals surface area contributed by atoms with Gasteiger partial charge in [-0.15, -0.1) is 0 Å². The van der Waals surface area contributed by atoms with Gasteiger partial charge in [0, 0.05) is 30.7 Å². The first-order valence-electron chi connectivity index (χ1n) is 9.77. The lowest BCUT2D eigenvalue weighted by atomic mass is 10.1. The minimum absolute atomic E-state index is 0.0181. The molecule has 0 spiro atoms. The molecule has 0 aliphatic heterocycles. The smallest absolute Gasteiger partial charge is 0.433 e. The van der Waals surface area contributed by atoms with Gasteiger partial charge in [-0.25, -0.2) is 0 Å². The second kappa shape index (κ2) is 10.2. The first-order chi connectivity index (χ1) is 15.3. The van der Waals surface area contributed by atoms with E-state index in [1.807, 2.05) is 6.07 Å². The van der Waals surface area contributed by atoms with E-state index in [-0.39, 0.29) is 25.4 Å². The van der Waals surface area contributed by atoms with Crippen LogP contribution in [0.5, 0.6) is 5.75 Å². The number of ether oxygens (including phenoxy) is 1. The summed E-state index contributed by atoms with van der Waals surface area (Å²) in [6.45, 7) is 0.164. The minimum Gasteiger partial charge on any atom is -0.497 e. The lowest BCUT2D eigenvalue weighted by Crippen LogP contribution is -2.35. The zero-order valence-corrected chi connectivity index (χ0v) is 17.3. The fourth-order valence-corrected chi connectivity index (χ4v) is 3.12. The van der Waals surface area contributed by atoms with Gasteiger partial charge >= 0.3 is 6.18 Å². The van der Waals surface area contributed by atoms with Crippen LogP contribution in [0.25, 0.3) is 0 Å². The molecule has 0 fully saturated rings. The third-order valence-corrected chi connectivity index (χ3v) is 4.79. The predicted molar refractivity (Wildman–Crippen MR) is 111 cm³/mol. The average molecular weight is 445 g/mol. The molecule has 0 aliphatic carbocycles. The number of aromatic nitrogens is 2. The van der Waals surface area contributed by atoms with Crippen LogP contribution in [0.2, 0.25) is 0 Å². The molecule has 32 heavy (non-hydrogen) atoms. The molecule has 1 atom stereocenters. The summed E-state index contributed by atoms with van der Waals surface area (Å²) < 4.78 is 43.4. The minimum atomic E-state index is -4.55. The normalized spacial score (nSPS) is 12.3. The maximum absolute atomic E-state index is 13.0. The van der Waals surface area contributed by atoms with Crippen LogP contribution in [0, 0.1) is 0 Å². The molecule has 0 radical (unpaired) electrons. The van der Waals surface area contributed by atoms with E-state index in [2.05, 4.69) is 9.97 Å². The van der Waals surface area contributed by atoms with Gasteiger partial charge in [-0.3, -0.25) is 14.8 Å². The van der Waals surface area contributed by atoms with Crippen LogP contribution in [-0.2, 0) is 23.9 Å². The number of aliphatic hydroxyl groups excluding tert-OH is 1. The Morgan fingerprint density at radius 1 is 1.12 bits per heavy atom. The number of halogens is 3. The third-order valence-electron chi connectivity index (χ3n) is 4.79. The molecule has 2 heterocycles. The highest BCUT2D eigenvalue weighted by molar-refractivity contribution is 5.78. The number of rotatable bonds is 8. The Labute approximate surface area is 183 Å². The van der Waals surface area contributed by atoms with Crippen molar-refractivity contribution in [3.8, 4) is 5.75 Å². The monoisotopic (exact) mass is 445 g/mol. The fourth-order valence-electron chi connectivity index (χ4n) is 3.12. The van der Waals surface area contributed by atoms with E-state index >= 15 is 0 Å². The molecule has 1 N–H and O–H groups in total. The summed E-state index contributed by atoms with van der Waals surface area (Å²) in [6.07, 6.45) is -1.55. The van der Waals surface area contributed by atoms with Crippen molar-refractivity contribution in [1.82, 2.24) is 14.9 Å². The molecule has 0 saturated carbocycles. The van der Waals surface area contributed by atoms with Crippen LogP contribution < -0.4 is 4.74 Å². The highest BCUT2D eigenvalue weighted by Crippen LogP contribution is 2.27. The van der Waals surface area contributed by atoms with Crippen LogP contribution in [0.3, 0.4) is 0 Å². The number of benzene rings is 1. The van der Waals surface area contributed by atoms with Gasteiger partial charge in [0.05, 0.1) is 26.2 Å². The summed E-state index contributed by atoms with van der Waals surface area (Å²) in [5, 5.41) is 10.6. The van der Waals surface area contributed by atoms with Gasteiger partial charge < -0.3 is 14.7 Å². The predicted octanol–water partition coefficient (Wildman–Crippen LogP) is 3.81. The van der Waals surface area contributed by atoms with Crippen LogP contribution in [0.1, 0.15) is 28.5 Å². The number of aliphatic hydroxyl groups is 1. The van der Waals surface area contributed by atoms with Gasteiger partial charge in [0.25, 0.3) is 0 Å². The Hall–Kier alpha value is -3.46. The van der Waals surface area contributed by atoms with Crippen molar-refractivity contribution >= 4 is 5.91 Å². The third kappa shape index (κ3) is 6.27. The van der Waals surface area contributed by atoms with Gasteiger partial charge in [0.2, 0.25) is 5.91 Å². The number of hydrogen-bond acceptors (Lipinski definition) is 5. The van der Waals surface area contributed by atoms with Crippen molar-refractivity contribution in [3.05, 3.63) is 89.5 Å². The number of alkyl halides is 3.